The molecule has 22 heavy (non-hydrogen) atoms. The number of hydrogen-bond donors (Lipinski definition) is 0. The Labute approximate surface area is 131 Å². The van der Waals surface area contributed by atoms with Crippen molar-refractivity contribution in [3.05, 3.63) is 0 Å². The molecule has 3 fully saturated rings. The zero-order valence-electron chi connectivity index (χ0n) is 13.6. The number of alkyl halides is 1. The minimum atomic E-state index is -0.790. The van der Waals surface area contributed by atoms with E-state index in [1.165, 1.54) is 0 Å². The van der Waals surface area contributed by atoms with E-state index in [1.807, 2.05) is 4.90 Å². The molecule has 0 radical (unpaired) electrons. The van der Waals surface area contributed by atoms with Gasteiger partial charge in [0.15, 0.2) is 0 Å². The number of ether oxygens (including phenoxy) is 2. The molecular formula is C16H27FN2O3. The average molecular weight is 314 g/mol. The third-order valence-corrected chi connectivity index (χ3v) is 5.10. The van der Waals surface area contributed by atoms with Crippen molar-refractivity contribution < 1.29 is 18.7 Å². The Morgan fingerprint density at radius 2 is 2.00 bits per heavy atom. The highest BCUT2D eigenvalue weighted by molar-refractivity contribution is 5.80. The lowest BCUT2D eigenvalue weighted by Gasteiger charge is -2.45. The number of rotatable bonds is 2. The molecule has 0 aromatic carbocycles. The average Bonchev–Trinajstić information content (AvgIpc) is 2.66. The molecule has 1 atom stereocenters. The predicted molar refractivity (Wildman–Crippen MR) is 80.4 cm³/mol. The van der Waals surface area contributed by atoms with E-state index in [2.05, 4.69) is 18.7 Å². The first-order valence-corrected chi connectivity index (χ1v) is 8.38. The van der Waals surface area contributed by atoms with Gasteiger partial charge in [-0.15, -0.1) is 0 Å². The van der Waals surface area contributed by atoms with Crippen molar-refractivity contribution in [1.29, 1.82) is 0 Å². The standard InChI is InChI=1S/C16H27FN2O3/c1-12(2)18-3-5-21-11-16(9-18)10-19(4-6-22-16)15(20)13-7-14(17)8-13/h12-14H,3-11H2,1-2H3/t13?,14?,16-/m1/s1. The number of amides is 1. The lowest BCUT2D eigenvalue weighted by Crippen LogP contribution is -2.61. The number of morpholine rings is 1. The summed E-state index contributed by atoms with van der Waals surface area (Å²) in [7, 11) is 0. The molecule has 3 rings (SSSR count). The van der Waals surface area contributed by atoms with Gasteiger partial charge in [-0.25, -0.2) is 4.39 Å². The Morgan fingerprint density at radius 1 is 1.23 bits per heavy atom. The molecule has 5 nitrogen and oxygen atoms in total. The van der Waals surface area contributed by atoms with Crippen LogP contribution in [-0.4, -0.2) is 79.5 Å². The van der Waals surface area contributed by atoms with Crippen molar-refractivity contribution in [2.45, 2.75) is 44.5 Å². The van der Waals surface area contributed by atoms with Gasteiger partial charge in [0.2, 0.25) is 5.91 Å². The Hall–Kier alpha value is -0.720. The molecule has 0 unspecified atom stereocenters. The molecule has 1 amide bonds. The first-order valence-electron chi connectivity index (χ1n) is 8.38. The largest absolute Gasteiger partial charge is 0.377 e. The molecule has 2 heterocycles. The summed E-state index contributed by atoms with van der Waals surface area (Å²) in [5.41, 5.74) is -0.437. The van der Waals surface area contributed by atoms with Crippen molar-refractivity contribution in [2.75, 3.05) is 46.0 Å². The molecule has 0 N–H and O–H groups in total. The zero-order chi connectivity index (χ0) is 15.7. The van der Waals surface area contributed by atoms with Gasteiger partial charge in [-0.2, -0.15) is 0 Å². The minimum Gasteiger partial charge on any atom is -0.377 e. The highest BCUT2D eigenvalue weighted by Crippen LogP contribution is 2.33. The van der Waals surface area contributed by atoms with E-state index in [4.69, 9.17) is 9.47 Å². The van der Waals surface area contributed by atoms with Crippen LogP contribution in [0.1, 0.15) is 26.7 Å². The van der Waals surface area contributed by atoms with Crippen LogP contribution in [0.2, 0.25) is 0 Å². The Bertz CT molecular complexity index is 414. The van der Waals surface area contributed by atoms with Crippen LogP contribution in [0.15, 0.2) is 0 Å². The van der Waals surface area contributed by atoms with E-state index in [9.17, 15) is 9.18 Å². The molecule has 1 saturated carbocycles. The zero-order valence-corrected chi connectivity index (χ0v) is 13.6. The van der Waals surface area contributed by atoms with Crippen molar-refractivity contribution in [3.63, 3.8) is 0 Å². The van der Waals surface area contributed by atoms with Crippen LogP contribution < -0.4 is 0 Å². The molecule has 1 spiro atoms. The van der Waals surface area contributed by atoms with E-state index in [1.54, 1.807) is 0 Å². The monoisotopic (exact) mass is 314 g/mol. The summed E-state index contributed by atoms with van der Waals surface area (Å²) in [4.78, 5) is 16.7. The highest BCUT2D eigenvalue weighted by atomic mass is 19.1. The fourth-order valence-corrected chi connectivity index (χ4v) is 3.60. The SMILES string of the molecule is CC(C)N1CCOC[C@]2(CN(C(=O)C3CC(F)C3)CCO2)C1. The van der Waals surface area contributed by atoms with Gasteiger partial charge in [-0.1, -0.05) is 0 Å². The molecule has 0 aromatic heterocycles. The fraction of sp³-hybridized carbons (Fsp3) is 0.938. The molecule has 2 aliphatic heterocycles. The van der Waals surface area contributed by atoms with E-state index in [0.29, 0.717) is 51.8 Å². The van der Waals surface area contributed by atoms with Crippen LogP contribution >= 0.6 is 0 Å². The summed E-state index contributed by atoms with van der Waals surface area (Å²) in [6, 6.07) is 0.423. The maximum absolute atomic E-state index is 13.0. The second kappa shape index (κ2) is 6.42. The minimum absolute atomic E-state index is 0.0944. The number of hydrogen-bond acceptors (Lipinski definition) is 4. The van der Waals surface area contributed by atoms with Crippen LogP contribution in [0.4, 0.5) is 4.39 Å². The maximum atomic E-state index is 13.0. The molecule has 126 valence electrons. The first kappa shape index (κ1) is 16.1. The van der Waals surface area contributed by atoms with Crippen LogP contribution in [0.25, 0.3) is 0 Å². The van der Waals surface area contributed by atoms with Crippen molar-refractivity contribution in [3.8, 4) is 0 Å². The van der Waals surface area contributed by atoms with Gasteiger partial charge in [-0.3, -0.25) is 9.69 Å². The molecule has 6 heteroatoms. The van der Waals surface area contributed by atoms with Gasteiger partial charge in [0.1, 0.15) is 11.8 Å². The van der Waals surface area contributed by atoms with Crippen LogP contribution in [0.5, 0.6) is 0 Å². The number of halogens is 1. The second-order valence-electron chi connectivity index (χ2n) is 7.17. The van der Waals surface area contributed by atoms with Gasteiger partial charge in [-0.05, 0) is 26.7 Å². The van der Waals surface area contributed by atoms with E-state index < -0.39 is 11.8 Å². The third-order valence-electron chi connectivity index (χ3n) is 5.10. The van der Waals surface area contributed by atoms with Gasteiger partial charge < -0.3 is 14.4 Å². The Kier molecular flexibility index (Phi) is 4.71. The Balaban J connectivity index is 1.66. The van der Waals surface area contributed by atoms with Crippen molar-refractivity contribution >= 4 is 5.91 Å². The van der Waals surface area contributed by atoms with E-state index >= 15 is 0 Å². The summed E-state index contributed by atoms with van der Waals surface area (Å²) in [5, 5.41) is 0. The number of carbonyl (C=O) groups excluding carboxylic acids is 1. The topological polar surface area (TPSA) is 42.0 Å². The summed E-state index contributed by atoms with van der Waals surface area (Å²) < 4.78 is 24.8. The predicted octanol–water partition coefficient (Wildman–Crippen LogP) is 1.07. The van der Waals surface area contributed by atoms with E-state index in [0.717, 1.165) is 13.1 Å². The Morgan fingerprint density at radius 3 is 2.68 bits per heavy atom. The summed E-state index contributed by atoms with van der Waals surface area (Å²) in [6.45, 7) is 8.93. The fourth-order valence-electron chi connectivity index (χ4n) is 3.60. The first-order chi connectivity index (χ1) is 10.5. The van der Waals surface area contributed by atoms with E-state index in [-0.39, 0.29) is 11.8 Å². The normalized spacial score (nSPS) is 37.2. The molecular weight excluding hydrogens is 287 g/mol. The second-order valence-corrected chi connectivity index (χ2v) is 7.17. The van der Waals surface area contributed by atoms with Crippen LogP contribution in [-0.2, 0) is 14.3 Å². The quantitative estimate of drug-likeness (QED) is 0.765. The van der Waals surface area contributed by atoms with Crippen molar-refractivity contribution in [1.82, 2.24) is 9.80 Å². The smallest absolute Gasteiger partial charge is 0.226 e. The summed E-state index contributed by atoms with van der Waals surface area (Å²) >= 11 is 0. The molecule has 3 aliphatic rings. The molecule has 0 bridgehead atoms. The number of carbonyl (C=O) groups is 1. The third kappa shape index (κ3) is 3.29. The van der Waals surface area contributed by atoms with Crippen molar-refractivity contribution in [2.24, 2.45) is 5.92 Å². The van der Waals surface area contributed by atoms with Gasteiger partial charge >= 0.3 is 0 Å². The van der Waals surface area contributed by atoms with Gasteiger partial charge in [0.05, 0.1) is 26.4 Å². The maximum Gasteiger partial charge on any atom is 0.226 e. The summed E-state index contributed by atoms with van der Waals surface area (Å²) in [6.07, 6.45) is -0.0168. The van der Waals surface area contributed by atoms with Gasteiger partial charge in [0.25, 0.3) is 0 Å². The lowest BCUT2D eigenvalue weighted by molar-refractivity contribution is -0.168. The summed E-state index contributed by atoms with van der Waals surface area (Å²) in [5.74, 6) is -0.0324. The van der Waals surface area contributed by atoms with Crippen LogP contribution in [0, 0.1) is 5.92 Å². The van der Waals surface area contributed by atoms with Crippen LogP contribution in [0.3, 0.4) is 0 Å². The number of nitrogens with zero attached hydrogens (tertiary/aromatic N) is 2. The van der Waals surface area contributed by atoms with Gasteiger partial charge in [0, 0.05) is 31.6 Å². The highest BCUT2D eigenvalue weighted by Gasteiger charge is 2.44. The molecule has 1 aliphatic carbocycles. The lowest BCUT2D eigenvalue weighted by atomic mass is 9.82. The molecule has 2 saturated heterocycles. The molecule has 0 aromatic rings.